The monoisotopic (exact) mass is 341 g/mol. The van der Waals surface area contributed by atoms with Crippen LogP contribution in [-0.4, -0.2) is 48.3 Å². The highest BCUT2D eigenvalue weighted by Crippen LogP contribution is 2.26. The molecule has 1 aliphatic heterocycles. The number of nitrogens with zero attached hydrogens (tertiary/aromatic N) is 1. The molecule has 1 saturated heterocycles. The number of likely N-dealkylation sites (tertiary alicyclic amines) is 1. The van der Waals surface area contributed by atoms with E-state index in [0.717, 1.165) is 6.42 Å². The van der Waals surface area contributed by atoms with Crippen LogP contribution in [0.1, 0.15) is 23.2 Å². The number of carbonyl (C=O) groups is 1. The summed E-state index contributed by atoms with van der Waals surface area (Å²) < 4.78 is 11.0. The fourth-order valence-corrected chi connectivity index (χ4v) is 3.13. The van der Waals surface area contributed by atoms with Crippen molar-refractivity contribution in [2.75, 3.05) is 26.8 Å². The van der Waals surface area contributed by atoms with Gasteiger partial charge in [0.05, 0.1) is 19.2 Å². The molecule has 1 atom stereocenters. The van der Waals surface area contributed by atoms with E-state index < -0.39 is 5.60 Å². The van der Waals surface area contributed by atoms with Gasteiger partial charge in [-0.2, -0.15) is 0 Å². The van der Waals surface area contributed by atoms with Gasteiger partial charge < -0.3 is 19.5 Å². The minimum Gasteiger partial charge on any atom is -0.496 e. The zero-order chi connectivity index (χ0) is 17.7. The molecule has 0 spiro atoms. The number of β-amino-alcohol motifs (C(OH)–C–C–N with tert-alkyl or cyclic N) is 1. The highest BCUT2D eigenvalue weighted by atomic mass is 16.5. The summed E-state index contributed by atoms with van der Waals surface area (Å²) in [4.78, 5) is 14.5. The van der Waals surface area contributed by atoms with E-state index in [1.807, 2.05) is 42.5 Å². The maximum Gasteiger partial charge on any atom is 0.257 e. The van der Waals surface area contributed by atoms with E-state index in [0.29, 0.717) is 30.0 Å². The minimum atomic E-state index is -1.05. The maximum absolute atomic E-state index is 12.8. The van der Waals surface area contributed by atoms with Crippen molar-refractivity contribution in [2.45, 2.75) is 18.4 Å². The van der Waals surface area contributed by atoms with Crippen LogP contribution in [0.4, 0.5) is 0 Å². The van der Waals surface area contributed by atoms with E-state index in [1.165, 1.54) is 0 Å². The summed E-state index contributed by atoms with van der Waals surface area (Å²) in [6.07, 6.45) is 1.34. The van der Waals surface area contributed by atoms with Crippen molar-refractivity contribution in [3.8, 4) is 11.5 Å². The highest BCUT2D eigenvalue weighted by molar-refractivity contribution is 5.97. The average molecular weight is 341 g/mol. The molecule has 25 heavy (non-hydrogen) atoms. The van der Waals surface area contributed by atoms with Crippen LogP contribution in [0.5, 0.6) is 11.5 Å². The lowest BCUT2D eigenvalue weighted by Gasteiger charge is -2.39. The van der Waals surface area contributed by atoms with E-state index in [4.69, 9.17) is 9.47 Å². The van der Waals surface area contributed by atoms with E-state index in [2.05, 4.69) is 0 Å². The number of carbonyl (C=O) groups excluding carboxylic acids is 1. The summed E-state index contributed by atoms with van der Waals surface area (Å²) in [6.45, 7) is 1.02. The molecule has 3 rings (SSSR count). The molecule has 132 valence electrons. The minimum absolute atomic E-state index is 0.129. The summed E-state index contributed by atoms with van der Waals surface area (Å²) in [5, 5.41) is 10.9. The standard InChI is InChI=1S/C20H23NO4/c1-24-18-11-6-5-10-17(18)19(22)21-13-7-12-20(23,14-21)15-25-16-8-3-2-4-9-16/h2-6,8-11,23H,7,12-15H2,1H3/t20-/m0/s1. The molecular formula is C20H23NO4. The summed E-state index contributed by atoms with van der Waals surface area (Å²) in [5.74, 6) is 1.13. The number of rotatable bonds is 5. The van der Waals surface area contributed by atoms with Crippen molar-refractivity contribution in [1.82, 2.24) is 4.90 Å². The van der Waals surface area contributed by atoms with Gasteiger partial charge in [-0.3, -0.25) is 4.79 Å². The first-order chi connectivity index (χ1) is 12.1. The number of aliphatic hydroxyl groups is 1. The van der Waals surface area contributed by atoms with Gasteiger partial charge in [0.2, 0.25) is 0 Å². The van der Waals surface area contributed by atoms with Crippen molar-refractivity contribution in [2.24, 2.45) is 0 Å². The largest absolute Gasteiger partial charge is 0.496 e. The van der Waals surface area contributed by atoms with Crippen molar-refractivity contribution in [1.29, 1.82) is 0 Å². The van der Waals surface area contributed by atoms with Gasteiger partial charge >= 0.3 is 0 Å². The summed E-state index contributed by atoms with van der Waals surface area (Å²) >= 11 is 0. The number of piperidine rings is 1. The van der Waals surface area contributed by atoms with Crippen LogP contribution < -0.4 is 9.47 Å². The molecule has 1 amide bonds. The molecule has 1 aliphatic rings. The Hall–Kier alpha value is -2.53. The number of methoxy groups -OCH3 is 1. The number of benzene rings is 2. The first kappa shape index (κ1) is 17.3. The van der Waals surface area contributed by atoms with Crippen LogP contribution >= 0.6 is 0 Å². The molecule has 5 nitrogen and oxygen atoms in total. The van der Waals surface area contributed by atoms with E-state index in [9.17, 15) is 9.90 Å². The van der Waals surface area contributed by atoms with Crippen LogP contribution in [0.2, 0.25) is 0 Å². The summed E-state index contributed by atoms with van der Waals surface area (Å²) in [5.41, 5.74) is -0.538. The van der Waals surface area contributed by atoms with Gasteiger partial charge in [-0.1, -0.05) is 30.3 Å². The second-order valence-corrected chi connectivity index (χ2v) is 6.36. The fourth-order valence-electron chi connectivity index (χ4n) is 3.13. The average Bonchev–Trinajstić information content (AvgIpc) is 2.67. The molecule has 0 bridgehead atoms. The van der Waals surface area contributed by atoms with Gasteiger partial charge in [-0.05, 0) is 37.1 Å². The van der Waals surface area contributed by atoms with Crippen molar-refractivity contribution >= 4 is 5.91 Å². The predicted octanol–water partition coefficient (Wildman–Crippen LogP) is 2.74. The quantitative estimate of drug-likeness (QED) is 0.908. The van der Waals surface area contributed by atoms with Crippen LogP contribution in [0.3, 0.4) is 0 Å². The maximum atomic E-state index is 12.8. The second kappa shape index (κ2) is 7.57. The van der Waals surface area contributed by atoms with Crippen molar-refractivity contribution < 1.29 is 19.4 Å². The zero-order valence-electron chi connectivity index (χ0n) is 14.4. The molecule has 0 aromatic heterocycles. The lowest BCUT2D eigenvalue weighted by atomic mass is 9.93. The number of hydrogen-bond donors (Lipinski definition) is 1. The van der Waals surface area contributed by atoms with Crippen molar-refractivity contribution in [3.63, 3.8) is 0 Å². The molecule has 0 saturated carbocycles. The molecule has 1 N–H and O–H groups in total. The molecule has 0 unspecified atom stereocenters. The van der Waals surface area contributed by atoms with Crippen LogP contribution in [0.15, 0.2) is 54.6 Å². The Labute approximate surface area is 147 Å². The molecule has 2 aromatic rings. The van der Waals surface area contributed by atoms with Gasteiger partial charge in [0.15, 0.2) is 0 Å². The van der Waals surface area contributed by atoms with Crippen molar-refractivity contribution in [3.05, 3.63) is 60.2 Å². The molecular weight excluding hydrogens is 318 g/mol. The zero-order valence-corrected chi connectivity index (χ0v) is 14.4. The predicted molar refractivity (Wildman–Crippen MR) is 95.0 cm³/mol. The summed E-state index contributed by atoms with van der Waals surface area (Å²) in [7, 11) is 1.55. The molecule has 5 heteroatoms. The molecule has 1 fully saturated rings. The van der Waals surface area contributed by atoms with Gasteiger partial charge in [-0.25, -0.2) is 0 Å². The normalized spacial score (nSPS) is 20.2. The number of para-hydroxylation sites is 2. The van der Waals surface area contributed by atoms with Crippen LogP contribution in [-0.2, 0) is 0 Å². The third-order valence-corrected chi connectivity index (χ3v) is 4.43. The van der Waals surface area contributed by atoms with Gasteiger partial charge in [0, 0.05) is 6.54 Å². The number of ether oxygens (including phenoxy) is 2. The van der Waals surface area contributed by atoms with E-state index in [-0.39, 0.29) is 19.1 Å². The first-order valence-corrected chi connectivity index (χ1v) is 8.44. The second-order valence-electron chi connectivity index (χ2n) is 6.36. The molecule has 2 aromatic carbocycles. The number of hydrogen-bond acceptors (Lipinski definition) is 4. The van der Waals surface area contributed by atoms with E-state index >= 15 is 0 Å². The third kappa shape index (κ3) is 4.12. The highest BCUT2D eigenvalue weighted by Gasteiger charge is 2.36. The van der Waals surface area contributed by atoms with Gasteiger partial charge in [0.1, 0.15) is 23.7 Å². The fraction of sp³-hybridized carbons (Fsp3) is 0.350. The Bertz CT molecular complexity index is 719. The Kier molecular flexibility index (Phi) is 5.24. The van der Waals surface area contributed by atoms with Gasteiger partial charge in [-0.15, -0.1) is 0 Å². The summed E-state index contributed by atoms with van der Waals surface area (Å²) in [6, 6.07) is 16.5. The van der Waals surface area contributed by atoms with Crippen LogP contribution in [0.25, 0.3) is 0 Å². The smallest absolute Gasteiger partial charge is 0.257 e. The Morgan fingerprint density at radius 2 is 1.88 bits per heavy atom. The number of amides is 1. The Morgan fingerprint density at radius 1 is 1.16 bits per heavy atom. The molecule has 0 radical (unpaired) electrons. The van der Waals surface area contributed by atoms with Crippen LogP contribution in [0, 0.1) is 0 Å². The van der Waals surface area contributed by atoms with Gasteiger partial charge in [0.25, 0.3) is 5.91 Å². The molecule has 0 aliphatic carbocycles. The Balaban J connectivity index is 1.68. The van der Waals surface area contributed by atoms with E-state index in [1.54, 1.807) is 24.1 Å². The topological polar surface area (TPSA) is 59.0 Å². The molecule has 1 heterocycles. The third-order valence-electron chi connectivity index (χ3n) is 4.43. The Morgan fingerprint density at radius 3 is 2.64 bits per heavy atom. The first-order valence-electron chi connectivity index (χ1n) is 8.44. The lowest BCUT2D eigenvalue weighted by molar-refractivity contribution is -0.0532. The lowest BCUT2D eigenvalue weighted by Crippen LogP contribution is -2.53. The SMILES string of the molecule is COc1ccccc1C(=O)N1CCC[C@@](O)(COc2ccccc2)C1.